The van der Waals surface area contributed by atoms with Gasteiger partial charge in [-0.25, -0.2) is 9.18 Å². The minimum atomic E-state index is -0.953. The molecule has 8 heteroatoms. The molecule has 2 amide bonds. The summed E-state index contributed by atoms with van der Waals surface area (Å²) in [4.78, 5) is 34.9. The summed E-state index contributed by atoms with van der Waals surface area (Å²) in [6.07, 6.45) is 0.219. The minimum Gasteiger partial charge on any atom is -0.406 e. The Bertz CT molecular complexity index is 795. The van der Waals surface area contributed by atoms with Crippen LogP contribution in [0.15, 0.2) is 25.8 Å². The molecule has 1 unspecified atom stereocenters. The van der Waals surface area contributed by atoms with Gasteiger partial charge in [-0.15, -0.1) is 0 Å². The summed E-state index contributed by atoms with van der Waals surface area (Å²) in [7, 11) is 0. The van der Waals surface area contributed by atoms with Crippen LogP contribution in [-0.4, -0.2) is 16.4 Å². The van der Waals surface area contributed by atoms with E-state index in [4.69, 9.17) is 4.42 Å². The normalized spacial score (nSPS) is 19.4. The number of aromatic nitrogens is 1. The van der Waals surface area contributed by atoms with Crippen molar-refractivity contribution in [2.24, 2.45) is 0 Å². The van der Waals surface area contributed by atoms with Gasteiger partial charge >= 0.3 is 5.76 Å². The quantitative estimate of drug-likeness (QED) is 0.796. The van der Waals surface area contributed by atoms with Crippen LogP contribution in [0.2, 0.25) is 0 Å². The summed E-state index contributed by atoms with van der Waals surface area (Å²) in [6.45, 7) is 0. The zero-order valence-electron chi connectivity index (χ0n) is 9.98. The molecule has 2 aromatic rings. The molecule has 1 N–H and O–H groups in total. The van der Waals surface area contributed by atoms with Crippen LogP contribution in [0, 0.1) is 5.82 Å². The number of nitrogens with zero attached hydrogens (tertiary/aromatic N) is 1. The number of rotatable bonds is 1. The van der Waals surface area contributed by atoms with E-state index in [0.717, 1.165) is 4.57 Å². The molecule has 0 bridgehead atoms. The number of imide groups is 1. The topological polar surface area (TPSA) is 81.3 Å². The maximum atomic E-state index is 14.0. The second kappa shape index (κ2) is 4.55. The summed E-state index contributed by atoms with van der Waals surface area (Å²) in [5, 5.41) is 2.13. The highest BCUT2D eigenvalue weighted by Crippen LogP contribution is 2.29. The summed E-state index contributed by atoms with van der Waals surface area (Å²) in [5.74, 6) is -2.54. The van der Waals surface area contributed by atoms with Crippen LogP contribution in [0.25, 0.3) is 11.1 Å². The fourth-order valence-electron chi connectivity index (χ4n) is 2.28. The standard InChI is InChI=1S/C12H8BrFN2O4/c13-5-1-2-6(14)9-10(5)20-12(19)16(9)7-3-4-8(17)15-11(7)18/h1-2,7H,3-4H2,(H,15,17,18). The Kier molecular flexibility index (Phi) is 2.97. The first-order valence-electron chi connectivity index (χ1n) is 5.82. The van der Waals surface area contributed by atoms with Crippen molar-refractivity contribution in [1.82, 2.24) is 9.88 Å². The lowest BCUT2D eigenvalue weighted by atomic mass is 10.1. The summed E-state index contributed by atoms with van der Waals surface area (Å²) in [5.41, 5.74) is -0.0430. The van der Waals surface area contributed by atoms with E-state index in [1.807, 2.05) is 0 Å². The largest absolute Gasteiger partial charge is 0.420 e. The first-order valence-corrected chi connectivity index (χ1v) is 6.61. The van der Waals surface area contributed by atoms with E-state index in [9.17, 15) is 18.8 Å². The van der Waals surface area contributed by atoms with Gasteiger partial charge in [-0.05, 0) is 34.5 Å². The highest BCUT2D eigenvalue weighted by Gasteiger charge is 2.32. The van der Waals surface area contributed by atoms with E-state index in [1.165, 1.54) is 12.1 Å². The van der Waals surface area contributed by atoms with Crippen molar-refractivity contribution >= 4 is 38.8 Å². The molecule has 1 aromatic carbocycles. The highest BCUT2D eigenvalue weighted by atomic mass is 79.9. The first kappa shape index (κ1) is 13.0. The molecule has 1 aliphatic heterocycles. The number of piperidine rings is 1. The number of fused-ring (bicyclic) bond motifs is 1. The molecular weight excluding hydrogens is 335 g/mol. The fraction of sp³-hybridized carbons (Fsp3) is 0.250. The first-order chi connectivity index (χ1) is 9.49. The highest BCUT2D eigenvalue weighted by molar-refractivity contribution is 9.10. The molecular formula is C12H8BrFN2O4. The van der Waals surface area contributed by atoms with Gasteiger partial charge in [0.15, 0.2) is 11.4 Å². The van der Waals surface area contributed by atoms with E-state index < -0.39 is 29.4 Å². The average molecular weight is 343 g/mol. The number of nitrogens with one attached hydrogen (secondary N) is 1. The molecule has 0 aliphatic carbocycles. The zero-order chi connectivity index (χ0) is 14.4. The van der Waals surface area contributed by atoms with Gasteiger partial charge in [0, 0.05) is 6.42 Å². The Morgan fingerprint density at radius 2 is 2.10 bits per heavy atom. The summed E-state index contributed by atoms with van der Waals surface area (Å²) < 4.78 is 20.3. The molecule has 20 heavy (non-hydrogen) atoms. The molecule has 1 saturated heterocycles. The van der Waals surface area contributed by atoms with Gasteiger partial charge in [0.1, 0.15) is 11.6 Å². The van der Waals surface area contributed by atoms with Gasteiger partial charge in [-0.2, -0.15) is 0 Å². The summed E-state index contributed by atoms with van der Waals surface area (Å²) in [6, 6.07) is 1.63. The smallest absolute Gasteiger partial charge is 0.406 e. The fourth-order valence-corrected chi connectivity index (χ4v) is 2.68. The molecule has 2 heterocycles. The number of hydrogen-bond donors (Lipinski definition) is 1. The van der Waals surface area contributed by atoms with E-state index >= 15 is 0 Å². The lowest BCUT2D eigenvalue weighted by Gasteiger charge is -2.21. The van der Waals surface area contributed by atoms with Crippen molar-refractivity contribution in [2.75, 3.05) is 0 Å². The maximum absolute atomic E-state index is 14.0. The predicted molar refractivity (Wildman–Crippen MR) is 69.6 cm³/mol. The molecule has 1 fully saturated rings. The van der Waals surface area contributed by atoms with E-state index in [0.29, 0.717) is 4.47 Å². The van der Waals surface area contributed by atoms with Gasteiger partial charge in [-0.3, -0.25) is 19.5 Å². The van der Waals surface area contributed by atoms with Crippen LogP contribution < -0.4 is 11.1 Å². The monoisotopic (exact) mass is 342 g/mol. The Hall–Kier alpha value is -1.96. The Balaban J connectivity index is 2.24. The van der Waals surface area contributed by atoms with Gasteiger partial charge in [0.2, 0.25) is 11.8 Å². The van der Waals surface area contributed by atoms with Crippen molar-refractivity contribution in [3.8, 4) is 0 Å². The van der Waals surface area contributed by atoms with Crippen molar-refractivity contribution in [3.63, 3.8) is 0 Å². The van der Waals surface area contributed by atoms with Crippen LogP contribution in [-0.2, 0) is 9.59 Å². The van der Waals surface area contributed by atoms with E-state index in [2.05, 4.69) is 21.2 Å². The van der Waals surface area contributed by atoms with Crippen molar-refractivity contribution in [2.45, 2.75) is 18.9 Å². The van der Waals surface area contributed by atoms with E-state index in [1.54, 1.807) is 0 Å². The minimum absolute atomic E-state index is 0.0414. The predicted octanol–water partition coefficient (Wildman–Crippen LogP) is 1.47. The van der Waals surface area contributed by atoms with Gasteiger partial charge in [-0.1, -0.05) is 0 Å². The number of carbonyl (C=O) groups is 2. The molecule has 6 nitrogen and oxygen atoms in total. The van der Waals surface area contributed by atoms with Crippen LogP contribution in [0.5, 0.6) is 0 Å². The lowest BCUT2D eigenvalue weighted by molar-refractivity contribution is -0.135. The van der Waals surface area contributed by atoms with E-state index in [-0.39, 0.29) is 23.9 Å². The Labute approximate surface area is 119 Å². The average Bonchev–Trinajstić information content (AvgIpc) is 2.73. The number of oxazole rings is 1. The molecule has 1 atom stereocenters. The number of hydrogen-bond acceptors (Lipinski definition) is 4. The molecule has 0 radical (unpaired) electrons. The van der Waals surface area contributed by atoms with Crippen molar-refractivity contribution in [3.05, 3.63) is 33.0 Å². The van der Waals surface area contributed by atoms with Crippen molar-refractivity contribution in [1.29, 1.82) is 0 Å². The number of halogens is 2. The third kappa shape index (κ3) is 1.87. The molecule has 1 aliphatic rings. The SMILES string of the molecule is O=C1CCC(n2c(=O)oc3c(Br)ccc(F)c32)C(=O)N1. The second-order valence-corrected chi connectivity index (χ2v) is 5.27. The number of benzene rings is 1. The molecule has 3 rings (SSSR count). The van der Waals surface area contributed by atoms with Gasteiger partial charge < -0.3 is 4.42 Å². The third-order valence-corrected chi connectivity index (χ3v) is 3.81. The Morgan fingerprint density at radius 1 is 1.35 bits per heavy atom. The van der Waals surface area contributed by atoms with Crippen molar-refractivity contribution < 1.29 is 18.4 Å². The van der Waals surface area contributed by atoms with Gasteiger partial charge in [0.05, 0.1) is 4.47 Å². The zero-order valence-corrected chi connectivity index (χ0v) is 11.6. The number of carbonyl (C=O) groups excluding carboxylic acids is 2. The van der Waals surface area contributed by atoms with Crippen LogP contribution in [0.3, 0.4) is 0 Å². The van der Waals surface area contributed by atoms with Gasteiger partial charge in [0.25, 0.3) is 0 Å². The lowest BCUT2D eigenvalue weighted by Crippen LogP contribution is -2.43. The molecule has 0 spiro atoms. The maximum Gasteiger partial charge on any atom is 0.420 e. The Morgan fingerprint density at radius 3 is 2.80 bits per heavy atom. The summed E-state index contributed by atoms with van der Waals surface area (Å²) >= 11 is 3.16. The second-order valence-electron chi connectivity index (χ2n) is 4.41. The van der Waals surface area contributed by atoms with Crippen LogP contribution >= 0.6 is 15.9 Å². The molecule has 104 valence electrons. The number of amides is 2. The molecule has 1 aromatic heterocycles. The van der Waals surface area contributed by atoms with Crippen LogP contribution in [0.1, 0.15) is 18.9 Å². The van der Waals surface area contributed by atoms with Crippen LogP contribution in [0.4, 0.5) is 4.39 Å². The third-order valence-electron chi connectivity index (χ3n) is 3.18. The molecule has 0 saturated carbocycles.